The van der Waals surface area contributed by atoms with Crippen molar-refractivity contribution in [1.82, 2.24) is 30.1 Å². The Hall–Kier alpha value is -3.79. The second-order valence-corrected chi connectivity index (χ2v) is 10.0. The van der Waals surface area contributed by atoms with E-state index in [1.165, 1.54) is 5.56 Å². The van der Waals surface area contributed by atoms with E-state index in [9.17, 15) is 4.79 Å². The molecule has 5 rings (SSSR count). The van der Waals surface area contributed by atoms with Crippen molar-refractivity contribution < 1.29 is 4.79 Å². The summed E-state index contributed by atoms with van der Waals surface area (Å²) in [6.45, 7) is 6.99. The van der Waals surface area contributed by atoms with Crippen LogP contribution in [0.25, 0.3) is 22.4 Å². The number of nitrogens with zero attached hydrogens (tertiary/aromatic N) is 4. The van der Waals surface area contributed by atoms with E-state index in [0.717, 1.165) is 86.2 Å². The number of rotatable bonds is 10. The molecule has 2 aromatic heterocycles. The van der Waals surface area contributed by atoms with Crippen molar-refractivity contribution in [2.45, 2.75) is 13.0 Å². The highest BCUT2D eigenvalue weighted by atomic mass is 16.1. The number of aromatic amines is 1. The number of carbonyl (C=O) groups is 1. The van der Waals surface area contributed by atoms with Gasteiger partial charge < -0.3 is 25.8 Å². The number of nitrogens with one attached hydrogen (secondary N) is 4. The van der Waals surface area contributed by atoms with Gasteiger partial charge in [-0.2, -0.15) is 0 Å². The zero-order chi connectivity index (χ0) is 26.3. The number of benzene rings is 2. The first kappa shape index (κ1) is 25.8. The van der Waals surface area contributed by atoms with E-state index >= 15 is 0 Å². The lowest BCUT2D eigenvalue weighted by Gasteiger charge is -2.27. The molecule has 0 aliphatic carbocycles. The fourth-order valence-corrected chi connectivity index (χ4v) is 4.57. The van der Waals surface area contributed by atoms with Gasteiger partial charge in [0.2, 0.25) is 0 Å². The zero-order valence-corrected chi connectivity index (χ0v) is 22.1. The normalized spacial score (nSPS) is 14.2. The molecule has 198 valence electrons. The highest BCUT2D eigenvalue weighted by Crippen LogP contribution is 2.23. The minimum absolute atomic E-state index is 0.129. The van der Waals surface area contributed by atoms with Crippen LogP contribution in [-0.2, 0) is 6.54 Å². The summed E-state index contributed by atoms with van der Waals surface area (Å²) in [6.07, 6.45) is 2.88. The Morgan fingerprint density at radius 1 is 1.05 bits per heavy atom. The Kier molecular flexibility index (Phi) is 8.28. The average Bonchev–Trinajstić information content (AvgIpc) is 3.36. The van der Waals surface area contributed by atoms with Crippen LogP contribution in [-0.4, -0.2) is 84.0 Å². The molecular formula is C29H36N8O. The Morgan fingerprint density at radius 2 is 1.87 bits per heavy atom. The number of pyridine rings is 1. The SMILES string of the molecule is CN(C)CCCNc1ccc(-c2nc3ccc(NC(=O)c4ccc(CN5CCNCC5)cc4)cc3[nH]2)cn1. The molecule has 0 bridgehead atoms. The van der Waals surface area contributed by atoms with Crippen molar-refractivity contribution in [2.75, 3.05) is 64.0 Å². The molecule has 1 aliphatic heterocycles. The van der Waals surface area contributed by atoms with Gasteiger partial charge in [0.15, 0.2) is 0 Å². The van der Waals surface area contributed by atoms with Crippen LogP contribution in [0.5, 0.6) is 0 Å². The first-order valence-corrected chi connectivity index (χ1v) is 13.2. The Balaban J connectivity index is 1.19. The number of carbonyl (C=O) groups excluding carboxylic acids is 1. The van der Waals surface area contributed by atoms with Gasteiger partial charge in [-0.1, -0.05) is 12.1 Å². The molecule has 2 aromatic carbocycles. The van der Waals surface area contributed by atoms with Crippen LogP contribution in [0, 0.1) is 0 Å². The van der Waals surface area contributed by atoms with Gasteiger partial charge in [0.1, 0.15) is 11.6 Å². The van der Waals surface area contributed by atoms with Crippen molar-refractivity contribution in [2.24, 2.45) is 0 Å². The molecule has 4 N–H and O–H groups in total. The van der Waals surface area contributed by atoms with Gasteiger partial charge in [-0.15, -0.1) is 0 Å². The molecule has 0 unspecified atom stereocenters. The van der Waals surface area contributed by atoms with Crippen molar-refractivity contribution in [3.8, 4) is 11.4 Å². The molecule has 1 aliphatic rings. The minimum Gasteiger partial charge on any atom is -0.370 e. The molecule has 0 saturated carbocycles. The molecule has 38 heavy (non-hydrogen) atoms. The summed E-state index contributed by atoms with van der Waals surface area (Å²) in [7, 11) is 4.15. The average molecular weight is 513 g/mol. The minimum atomic E-state index is -0.129. The number of hydrogen-bond acceptors (Lipinski definition) is 7. The third-order valence-corrected chi connectivity index (χ3v) is 6.70. The maximum absolute atomic E-state index is 12.9. The largest absolute Gasteiger partial charge is 0.370 e. The molecule has 0 spiro atoms. The highest BCUT2D eigenvalue weighted by Gasteiger charge is 2.12. The lowest BCUT2D eigenvalue weighted by molar-refractivity contribution is 0.102. The van der Waals surface area contributed by atoms with Crippen LogP contribution in [0.4, 0.5) is 11.5 Å². The number of H-pyrrole nitrogens is 1. The van der Waals surface area contributed by atoms with E-state index in [1.54, 1.807) is 0 Å². The lowest BCUT2D eigenvalue weighted by atomic mass is 10.1. The van der Waals surface area contributed by atoms with E-state index in [0.29, 0.717) is 5.56 Å². The monoisotopic (exact) mass is 512 g/mol. The third-order valence-electron chi connectivity index (χ3n) is 6.70. The number of imidazole rings is 1. The topological polar surface area (TPSA) is 101 Å². The molecule has 3 heterocycles. The molecule has 1 fully saturated rings. The first-order valence-electron chi connectivity index (χ1n) is 13.2. The van der Waals surface area contributed by atoms with E-state index in [2.05, 4.69) is 49.8 Å². The number of hydrogen-bond donors (Lipinski definition) is 4. The van der Waals surface area contributed by atoms with Crippen molar-refractivity contribution in [1.29, 1.82) is 0 Å². The van der Waals surface area contributed by atoms with Crippen molar-refractivity contribution in [3.05, 3.63) is 71.9 Å². The number of fused-ring (bicyclic) bond motifs is 1. The number of piperazine rings is 1. The van der Waals surface area contributed by atoms with Crippen LogP contribution < -0.4 is 16.0 Å². The fraction of sp³-hybridized carbons (Fsp3) is 0.345. The number of anilines is 2. The molecule has 9 heteroatoms. The summed E-state index contributed by atoms with van der Waals surface area (Å²) < 4.78 is 0. The second-order valence-electron chi connectivity index (χ2n) is 10.0. The fourth-order valence-electron chi connectivity index (χ4n) is 4.57. The Labute approximate surface area is 223 Å². The summed E-state index contributed by atoms with van der Waals surface area (Å²) in [5.74, 6) is 1.47. The second kappa shape index (κ2) is 12.2. The first-order chi connectivity index (χ1) is 18.5. The van der Waals surface area contributed by atoms with E-state index in [1.807, 2.05) is 60.8 Å². The van der Waals surface area contributed by atoms with Gasteiger partial charge in [0.25, 0.3) is 5.91 Å². The molecule has 4 aromatic rings. The van der Waals surface area contributed by atoms with Crippen LogP contribution in [0.15, 0.2) is 60.8 Å². The van der Waals surface area contributed by atoms with E-state index in [-0.39, 0.29) is 5.91 Å². The molecule has 1 saturated heterocycles. The summed E-state index contributed by atoms with van der Waals surface area (Å²) >= 11 is 0. The van der Waals surface area contributed by atoms with E-state index in [4.69, 9.17) is 4.98 Å². The molecule has 1 amide bonds. The van der Waals surface area contributed by atoms with Crippen molar-refractivity contribution in [3.63, 3.8) is 0 Å². The van der Waals surface area contributed by atoms with Crippen molar-refractivity contribution >= 4 is 28.4 Å². The third kappa shape index (κ3) is 6.74. The number of amides is 1. The maximum atomic E-state index is 12.9. The van der Waals surface area contributed by atoms with Gasteiger partial charge >= 0.3 is 0 Å². The predicted octanol–water partition coefficient (Wildman–Crippen LogP) is 3.65. The summed E-state index contributed by atoms with van der Waals surface area (Å²) in [5.41, 5.74) is 5.18. The van der Waals surface area contributed by atoms with Gasteiger partial charge in [0.05, 0.1) is 11.0 Å². The standard InChI is InChI=1S/C29H36N8O/c1-36(2)15-3-12-31-27-11-8-23(19-32-27)28-34-25-10-9-24(18-26(25)35-28)33-29(38)22-6-4-21(5-7-22)20-37-16-13-30-14-17-37/h4-11,18-19,30H,3,12-17,20H2,1-2H3,(H,31,32)(H,33,38)(H,34,35). The Bertz CT molecular complexity index is 1340. The quantitative estimate of drug-likeness (QED) is 0.241. The number of aromatic nitrogens is 3. The lowest BCUT2D eigenvalue weighted by Crippen LogP contribution is -2.42. The van der Waals surface area contributed by atoms with Crippen LogP contribution in [0.3, 0.4) is 0 Å². The van der Waals surface area contributed by atoms with Gasteiger partial charge in [-0.25, -0.2) is 9.97 Å². The van der Waals surface area contributed by atoms with Gasteiger partial charge in [-0.3, -0.25) is 9.69 Å². The predicted molar refractivity (Wildman–Crippen MR) is 154 cm³/mol. The van der Waals surface area contributed by atoms with Crippen LogP contribution in [0.1, 0.15) is 22.3 Å². The molecular weight excluding hydrogens is 476 g/mol. The van der Waals surface area contributed by atoms with E-state index < -0.39 is 0 Å². The summed E-state index contributed by atoms with van der Waals surface area (Å²) in [6, 6.07) is 17.6. The van der Waals surface area contributed by atoms with Crippen LogP contribution >= 0.6 is 0 Å². The smallest absolute Gasteiger partial charge is 0.255 e. The molecule has 0 atom stereocenters. The zero-order valence-electron chi connectivity index (χ0n) is 22.1. The highest BCUT2D eigenvalue weighted by molar-refractivity contribution is 6.05. The molecule has 9 nitrogen and oxygen atoms in total. The molecule has 0 radical (unpaired) electrons. The Morgan fingerprint density at radius 3 is 2.61 bits per heavy atom. The summed E-state index contributed by atoms with van der Waals surface area (Å²) in [5, 5.41) is 9.74. The van der Waals surface area contributed by atoms with Gasteiger partial charge in [0, 0.05) is 62.3 Å². The maximum Gasteiger partial charge on any atom is 0.255 e. The summed E-state index contributed by atoms with van der Waals surface area (Å²) in [4.78, 5) is 30.0. The van der Waals surface area contributed by atoms with Gasteiger partial charge in [-0.05, 0) is 75.1 Å². The van der Waals surface area contributed by atoms with Crippen LogP contribution in [0.2, 0.25) is 0 Å².